The predicted octanol–water partition coefficient (Wildman–Crippen LogP) is 4.83. The molecule has 158 valence electrons. The van der Waals surface area contributed by atoms with E-state index in [2.05, 4.69) is 26.9 Å². The van der Waals surface area contributed by atoms with Gasteiger partial charge in [-0.3, -0.25) is 9.52 Å². The van der Waals surface area contributed by atoms with Crippen LogP contribution in [0.3, 0.4) is 0 Å². The molecule has 0 aliphatic rings. The number of anilines is 1. The number of benzene rings is 2. The summed E-state index contributed by atoms with van der Waals surface area (Å²) >= 11 is 3.46. The van der Waals surface area contributed by atoms with Gasteiger partial charge in [-0.2, -0.15) is 23.1 Å². The van der Waals surface area contributed by atoms with Gasteiger partial charge in [-0.05, 0) is 83.8 Å². The molecule has 0 spiro atoms. The zero-order chi connectivity index (χ0) is 21.6. The Labute approximate surface area is 186 Å². The highest BCUT2D eigenvalue weighted by Crippen LogP contribution is 2.19. The van der Waals surface area contributed by atoms with E-state index in [9.17, 15) is 13.2 Å². The van der Waals surface area contributed by atoms with Gasteiger partial charge in [0.2, 0.25) is 0 Å². The quantitative estimate of drug-likeness (QED) is 0.449. The molecule has 0 fully saturated rings. The SMILES string of the molecule is Cc1ccc(S(=O)(=O)Nc2ccc(C(=O)NCCSCc3ccsc3)cc2)cc1C. The molecule has 0 radical (unpaired) electrons. The number of thiophene rings is 1. The summed E-state index contributed by atoms with van der Waals surface area (Å²) in [4.78, 5) is 12.5. The number of hydrogen-bond donors (Lipinski definition) is 2. The van der Waals surface area contributed by atoms with Crippen LogP contribution in [-0.2, 0) is 15.8 Å². The first-order valence-electron chi connectivity index (χ1n) is 9.42. The fourth-order valence-electron chi connectivity index (χ4n) is 2.69. The van der Waals surface area contributed by atoms with Gasteiger partial charge >= 0.3 is 0 Å². The molecule has 0 saturated carbocycles. The van der Waals surface area contributed by atoms with E-state index >= 15 is 0 Å². The lowest BCUT2D eigenvalue weighted by molar-refractivity contribution is 0.0956. The van der Waals surface area contributed by atoms with Crippen molar-refractivity contribution in [3.8, 4) is 0 Å². The molecule has 1 heterocycles. The summed E-state index contributed by atoms with van der Waals surface area (Å²) in [7, 11) is -3.68. The Morgan fingerprint density at radius 3 is 2.47 bits per heavy atom. The largest absolute Gasteiger partial charge is 0.351 e. The van der Waals surface area contributed by atoms with Gasteiger partial charge < -0.3 is 5.32 Å². The topological polar surface area (TPSA) is 75.3 Å². The van der Waals surface area contributed by atoms with Crippen molar-refractivity contribution in [1.29, 1.82) is 0 Å². The zero-order valence-electron chi connectivity index (χ0n) is 16.8. The van der Waals surface area contributed by atoms with Crippen molar-refractivity contribution in [3.05, 3.63) is 81.5 Å². The minimum atomic E-state index is -3.68. The lowest BCUT2D eigenvalue weighted by atomic mass is 10.1. The van der Waals surface area contributed by atoms with Crippen LogP contribution in [-0.4, -0.2) is 26.6 Å². The van der Waals surface area contributed by atoms with Crippen LogP contribution in [0.4, 0.5) is 5.69 Å². The van der Waals surface area contributed by atoms with Crippen molar-refractivity contribution >= 4 is 44.7 Å². The average Bonchev–Trinajstić information content (AvgIpc) is 3.23. The van der Waals surface area contributed by atoms with Crippen molar-refractivity contribution < 1.29 is 13.2 Å². The summed E-state index contributed by atoms with van der Waals surface area (Å²) < 4.78 is 27.7. The van der Waals surface area contributed by atoms with Gasteiger partial charge in [-0.1, -0.05) is 6.07 Å². The van der Waals surface area contributed by atoms with Gasteiger partial charge in [-0.25, -0.2) is 8.42 Å². The fourth-order valence-corrected chi connectivity index (χ4v) is 5.41. The number of sulfonamides is 1. The Balaban J connectivity index is 1.51. The summed E-state index contributed by atoms with van der Waals surface area (Å²) in [5, 5.41) is 7.07. The molecular formula is C22H24N2O3S3. The van der Waals surface area contributed by atoms with Crippen LogP contribution in [0.25, 0.3) is 0 Å². The van der Waals surface area contributed by atoms with Gasteiger partial charge in [0.15, 0.2) is 0 Å². The summed E-state index contributed by atoms with van der Waals surface area (Å²) in [6, 6.07) is 13.6. The molecule has 2 aromatic carbocycles. The van der Waals surface area contributed by atoms with Gasteiger partial charge in [-0.15, -0.1) is 0 Å². The Morgan fingerprint density at radius 1 is 1.03 bits per heavy atom. The van der Waals surface area contributed by atoms with E-state index in [4.69, 9.17) is 0 Å². The van der Waals surface area contributed by atoms with Crippen LogP contribution in [0.1, 0.15) is 27.0 Å². The molecule has 2 N–H and O–H groups in total. The molecular weight excluding hydrogens is 436 g/mol. The maximum absolute atomic E-state index is 12.6. The smallest absolute Gasteiger partial charge is 0.261 e. The van der Waals surface area contributed by atoms with Gasteiger partial charge in [0.25, 0.3) is 15.9 Å². The fraction of sp³-hybridized carbons (Fsp3) is 0.227. The molecule has 1 aromatic heterocycles. The molecule has 0 aliphatic heterocycles. The molecule has 30 heavy (non-hydrogen) atoms. The standard InChI is InChI=1S/C22H24N2O3S3/c1-16-3-8-21(13-17(16)2)30(26,27)24-20-6-4-19(5-7-20)22(25)23-10-12-29-15-18-9-11-28-14-18/h3-9,11,13-14,24H,10,12,15H2,1-2H3,(H,23,25). The molecule has 3 rings (SSSR count). The lowest BCUT2D eigenvalue weighted by Crippen LogP contribution is -2.25. The number of aryl methyl sites for hydroxylation is 2. The summed E-state index contributed by atoms with van der Waals surface area (Å²) in [6.07, 6.45) is 0. The second kappa shape index (κ2) is 10.1. The highest BCUT2D eigenvalue weighted by atomic mass is 32.2. The van der Waals surface area contributed by atoms with Crippen LogP contribution in [0.15, 0.2) is 64.2 Å². The summed E-state index contributed by atoms with van der Waals surface area (Å²) in [5.41, 5.74) is 4.16. The molecule has 3 aromatic rings. The third-order valence-electron chi connectivity index (χ3n) is 4.57. The van der Waals surface area contributed by atoms with Gasteiger partial charge in [0.1, 0.15) is 0 Å². The van der Waals surface area contributed by atoms with E-state index in [0.29, 0.717) is 17.8 Å². The van der Waals surface area contributed by atoms with Crippen LogP contribution in [0, 0.1) is 13.8 Å². The third kappa shape index (κ3) is 6.10. The number of hydrogen-bond acceptors (Lipinski definition) is 5. The second-order valence-corrected chi connectivity index (χ2v) is 10.4. The van der Waals surface area contributed by atoms with Crippen LogP contribution in [0.2, 0.25) is 0 Å². The van der Waals surface area contributed by atoms with Crippen molar-refractivity contribution in [3.63, 3.8) is 0 Å². The molecule has 0 unspecified atom stereocenters. The Bertz CT molecular complexity index is 1090. The number of nitrogens with one attached hydrogen (secondary N) is 2. The zero-order valence-corrected chi connectivity index (χ0v) is 19.3. The van der Waals surface area contributed by atoms with Gasteiger partial charge in [0.05, 0.1) is 4.90 Å². The van der Waals surface area contributed by atoms with Crippen molar-refractivity contribution in [2.45, 2.75) is 24.5 Å². The highest BCUT2D eigenvalue weighted by molar-refractivity contribution is 7.98. The Morgan fingerprint density at radius 2 is 1.80 bits per heavy atom. The third-order valence-corrected chi connectivity index (χ3v) is 7.71. The molecule has 0 saturated heterocycles. The first kappa shape index (κ1) is 22.4. The minimum Gasteiger partial charge on any atom is -0.351 e. The number of thioether (sulfide) groups is 1. The maximum atomic E-state index is 12.6. The molecule has 0 bridgehead atoms. The van der Waals surface area contributed by atoms with Crippen molar-refractivity contribution in [2.24, 2.45) is 0 Å². The van der Waals surface area contributed by atoms with Crippen LogP contribution < -0.4 is 10.0 Å². The number of rotatable bonds is 9. The predicted molar refractivity (Wildman–Crippen MR) is 126 cm³/mol. The molecule has 0 aliphatic carbocycles. The number of carbonyl (C=O) groups is 1. The average molecular weight is 461 g/mol. The summed E-state index contributed by atoms with van der Waals surface area (Å²) in [6.45, 7) is 4.39. The Kier molecular flexibility index (Phi) is 7.58. The lowest BCUT2D eigenvalue weighted by Gasteiger charge is -2.10. The molecule has 1 amide bonds. The number of amides is 1. The van der Waals surface area contributed by atoms with Gasteiger partial charge in [0, 0.05) is 29.3 Å². The molecule has 0 atom stereocenters. The van der Waals surface area contributed by atoms with Crippen LogP contribution in [0.5, 0.6) is 0 Å². The maximum Gasteiger partial charge on any atom is 0.261 e. The normalized spacial score (nSPS) is 11.3. The molecule has 8 heteroatoms. The first-order chi connectivity index (χ1) is 14.3. The second-order valence-electron chi connectivity index (χ2n) is 6.87. The minimum absolute atomic E-state index is 0.172. The monoisotopic (exact) mass is 460 g/mol. The van der Waals surface area contributed by atoms with E-state index in [-0.39, 0.29) is 10.8 Å². The number of carbonyl (C=O) groups excluding carboxylic acids is 1. The van der Waals surface area contributed by atoms with E-state index in [0.717, 1.165) is 22.6 Å². The van der Waals surface area contributed by atoms with Crippen LogP contribution >= 0.6 is 23.1 Å². The Hall–Kier alpha value is -2.29. The van der Waals surface area contributed by atoms with Crippen molar-refractivity contribution in [2.75, 3.05) is 17.0 Å². The van der Waals surface area contributed by atoms with E-state index in [1.54, 1.807) is 65.6 Å². The van der Waals surface area contributed by atoms with Crippen molar-refractivity contribution in [1.82, 2.24) is 5.32 Å². The molecule has 5 nitrogen and oxygen atoms in total. The van der Waals surface area contributed by atoms with E-state index in [1.807, 2.05) is 13.8 Å². The van der Waals surface area contributed by atoms with E-state index < -0.39 is 10.0 Å². The van der Waals surface area contributed by atoms with E-state index in [1.165, 1.54) is 5.56 Å². The summed E-state index contributed by atoms with van der Waals surface area (Å²) in [5.74, 6) is 1.60. The first-order valence-corrected chi connectivity index (χ1v) is 13.0. The highest BCUT2D eigenvalue weighted by Gasteiger charge is 2.15.